The maximum Gasteiger partial charge on any atom is 0.123 e. The van der Waals surface area contributed by atoms with E-state index < -0.39 is 0 Å². The summed E-state index contributed by atoms with van der Waals surface area (Å²) >= 11 is 0. The van der Waals surface area contributed by atoms with Crippen LogP contribution in [0.15, 0.2) is 42.5 Å². The summed E-state index contributed by atoms with van der Waals surface area (Å²) in [6.45, 7) is 7.47. The summed E-state index contributed by atoms with van der Waals surface area (Å²) in [5.74, 6) is 0.578. The van der Waals surface area contributed by atoms with Gasteiger partial charge in [0.1, 0.15) is 18.2 Å². The Bertz CT molecular complexity index is 598. The van der Waals surface area contributed by atoms with Crippen LogP contribution in [0.3, 0.4) is 0 Å². The molecule has 1 unspecified atom stereocenters. The molecule has 0 aliphatic heterocycles. The van der Waals surface area contributed by atoms with E-state index in [1.807, 2.05) is 25.1 Å². The van der Waals surface area contributed by atoms with Crippen molar-refractivity contribution in [2.24, 2.45) is 0 Å². The third kappa shape index (κ3) is 4.30. The van der Waals surface area contributed by atoms with Crippen LogP contribution in [0, 0.1) is 12.7 Å². The zero-order chi connectivity index (χ0) is 15.2. The Kier molecular flexibility index (Phi) is 5.34. The van der Waals surface area contributed by atoms with E-state index in [1.54, 1.807) is 6.07 Å². The fraction of sp³-hybridized carbons (Fsp3) is 0.333. The standard InChI is InChI=1S/C18H22FNO/c1-4-20-14(3)15-6-5-7-18(11-15)21-12-16-10-17(19)9-8-13(16)2/h5-11,14,20H,4,12H2,1-3H3. The van der Waals surface area contributed by atoms with Crippen LogP contribution in [-0.4, -0.2) is 6.54 Å². The Hall–Kier alpha value is -1.87. The molecule has 0 aliphatic rings. The molecule has 0 heterocycles. The SMILES string of the molecule is CCNC(C)c1cccc(OCc2cc(F)ccc2C)c1. The van der Waals surface area contributed by atoms with Crippen molar-refractivity contribution in [2.45, 2.75) is 33.4 Å². The van der Waals surface area contributed by atoms with Gasteiger partial charge in [0.15, 0.2) is 0 Å². The van der Waals surface area contributed by atoms with Crippen molar-refractivity contribution in [1.29, 1.82) is 0 Å². The van der Waals surface area contributed by atoms with E-state index in [1.165, 1.54) is 17.7 Å². The van der Waals surface area contributed by atoms with E-state index in [0.29, 0.717) is 6.61 Å². The molecule has 0 amide bonds. The highest BCUT2D eigenvalue weighted by atomic mass is 19.1. The van der Waals surface area contributed by atoms with Crippen LogP contribution < -0.4 is 10.1 Å². The topological polar surface area (TPSA) is 21.3 Å². The molecule has 3 heteroatoms. The Balaban J connectivity index is 2.06. The van der Waals surface area contributed by atoms with Crippen LogP contribution >= 0.6 is 0 Å². The summed E-state index contributed by atoms with van der Waals surface area (Å²) in [5, 5.41) is 3.37. The van der Waals surface area contributed by atoms with Crippen molar-refractivity contribution >= 4 is 0 Å². The van der Waals surface area contributed by atoms with Crippen molar-refractivity contribution in [3.8, 4) is 5.75 Å². The van der Waals surface area contributed by atoms with Gasteiger partial charge in [0.2, 0.25) is 0 Å². The van der Waals surface area contributed by atoms with Crippen LogP contribution in [0.25, 0.3) is 0 Å². The number of halogens is 1. The molecule has 21 heavy (non-hydrogen) atoms. The van der Waals surface area contributed by atoms with Gasteiger partial charge in [-0.05, 0) is 61.3 Å². The Morgan fingerprint density at radius 3 is 2.76 bits per heavy atom. The molecule has 2 aromatic carbocycles. The van der Waals surface area contributed by atoms with E-state index >= 15 is 0 Å². The number of hydrogen-bond acceptors (Lipinski definition) is 2. The average Bonchev–Trinajstić information content (AvgIpc) is 2.49. The minimum atomic E-state index is -0.228. The second-order valence-corrected chi connectivity index (χ2v) is 5.21. The van der Waals surface area contributed by atoms with E-state index in [-0.39, 0.29) is 11.9 Å². The van der Waals surface area contributed by atoms with Crippen LogP contribution in [0.1, 0.15) is 36.6 Å². The lowest BCUT2D eigenvalue weighted by atomic mass is 10.1. The molecule has 0 saturated carbocycles. The second kappa shape index (κ2) is 7.23. The number of hydrogen-bond donors (Lipinski definition) is 1. The Morgan fingerprint density at radius 1 is 1.19 bits per heavy atom. The fourth-order valence-electron chi connectivity index (χ4n) is 2.25. The fourth-order valence-corrected chi connectivity index (χ4v) is 2.25. The van der Waals surface area contributed by atoms with E-state index in [4.69, 9.17) is 4.74 Å². The van der Waals surface area contributed by atoms with Gasteiger partial charge in [-0.3, -0.25) is 0 Å². The smallest absolute Gasteiger partial charge is 0.123 e. The molecule has 0 aliphatic carbocycles. The molecule has 2 aromatic rings. The van der Waals surface area contributed by atoms with Gasteiger partial charge in [0.25, 0.3) is 0 Å². The van der Waals surface area contributed by atoms with Crippen molar-refractivity contribution in [2.75, 3.05) is 6.54 Å². The van der Waals surface area contributed by atoms with E-state index in [0.717, 1.165) is 23.4 Å². The highest BCUT2D eigenvalue weighted by molar-refractivity contribution is 5.31. The molecule has 2 nitrogen and oxygen atoms in total. The van der Waals surface area contributed by atoms with Gasteiger partial charge in [-0.2, -0.15) is 0 Å². The Labute approximate surface area is 126 Å². The maximum atomic E-state index is 13.3. The number of aryl methyl sites for hydroxylation is 1. The quantitative estimate of drug-likeness (QED) is 0.851. The summed E-state index contributed by atoms with van der Waals surface area (Å²) in [6.07, 6.45) is 0. The minimum absolute atomic E-state index is 0.228. The predicted molar refractivity (Wildman–Crippen MR) is 84.0 cm³/mol. The van der Waals surface area contributed by atoms with Gasteiger partial charge in [-0.25, -0.2) is 4.39 Å². The molecule has 0 bridgehead atoms. The molecule has 112 valence electrons. The molecule has 2 rings (SSSR count). The minimum Gasteiger partial charge on any atom is -0.489 e. The van der Waals surface area contributed by atoms with E-state index in [2.05, 4.69) is 25.2 Å². The molecular weight excluding hydrogens is 265 g/mol. The molecule has 0 saturated heterocycles. The molecule has 1 N–H and O–H groups in total. The third-order valence-corrected chi connectivity index (χ3v) is 3.57. The molecular formula is C18H22FNO. The average molecular weight is 287 g/mol. The highest BCUT2D eigenvalue weighted by Gasteiger charge is 2.06. The van der Waals surface area contributed by atoms with Crippen molar-refractivity contribution in [3.63, 3.8) is 0 Å². The van der Waals surface area contributed by atoms with Crippen molar-refractivity contribution in [1.82, 2.24) is 5.32 Å². The lowest BCUT2D eigenvalue weighted by Gasteiger charge is -2.14. The highest BCUT2D eigenvalue weighted by Crippen LogP contribution is 2.21. The van der Waals surface area contributed by atoms with Crippen molar-refractivity contribution in [3.05, 3.63) is 65.0 Å². The van der Waals surface area contributed by atoms with Gasteiger partial charge >= 0.3 is 0 Å². The van der Waals surface area contributed by atoms with Gasteiger partial charge in [0, 0.05) is 6.04 Å². The predicted octanol–water partition coefficient (Wildman–Crippen LogP) is 4.38. The molecule has 1 atom stereocenters. The third-order valence-electron chi connectivity index (χ3n) is 3.57. The summed E-state index contributed by atoms with van der Waals surface area (Å²) in [5.41, 5.74) is 3.10. The number of ether oxygens (including phenoxy) is 1. The summed E-state index contributed by atoms with van der Waals surface area (Å²) < 4.78 is 19.1. The van der Waals surface area contributed by atoms with Crippen LogP contribution in [0.4, 0.5) is 4.39 Å². The summed E-state index contributed by atoms with van der Waals surface area (Å²) in [4.78, 5) is 0. The van der Waals surface area contributed by atoms with Gasteiger partial charge < -0.3 is 10.1 Å². The number of rotatable bonds is 6. The second-order valence-electron chi connectivity index (χ2n) is 5.21. The maximum absolute atomic E-state index is 13.3. The van der Waals surface area contributed by atoms with E-state index in [9.17, 15) is 4.39 Å². The Morgan fingerprint density at radius 2 is 2.00 bits per heavy atom. The normalized spacial score (nSPS) is 12.2. The monoisotopic (exact) mass is 287 g/mol. The lowest BCUT2D eigenvalue weighted by Crippen LogP contribution is -2.17. The van der Waals surface area contributed by atoms with Crippen LogP contribution in [0.2, 0.25) is 0 Å². The zero-order valence-corrected chi connectivity index (χ0v) is 12.8. The van der Waals surface area contributed by atoms with Gasteiger partial charge in [-0.15, -0.1) is 0 Å². The van der Waals surface area contributed by atoms with Crippen LogP contribution in [0.5, 0.6) is 5.75 Å². The largest absolute Gasteiger partial charge is 0.489 e. The first-order valence-electron chi connectivity index (χ1n) is 7.31. The lowest BCUT2D eigenvalue weighted by molar-refractivity contribution is 0.304. The zero-order valence-electron chi connectivity index (χ0n) is 12.8. The number of benzene rings is 2. The number of nitrogens with one attached hydrogen (secondary N) is 1. The molecule has 0 radical (unpaired) electrons. The van der Waals surface area contributed by atoms with Gasteiger partial charge in [-0.1, -0.05) is 25.1 Å². The molecule has 0 fully saturated rings. The first-order valence-corrected chi connectivity index (χ1v) is 7.31. The molecule has 0 spiro atoms. The first-order chi connectivity index (χ1) is 10.1. The first kappa shape index (κ1) is 15.5. The summed E-state index contributed by atoms with van der Waals surface area (Å²) in [7, 11) is 0. The van der Waals surface area contributed by atoms with Crippen LogP contribution in [-0.2, 0) is 6.61 Å². The van der Waals surface area contributed by atoms with Gasteiger partial charge in [0.05, 0.1) is 0 Å². The molecule has 0 aromatic heterocycles. The van der Waals surface area contributed by atoms with Crippen molar-refractivity contribution < 1.29 is 9.13 Å². The summed E-state index contributed by atoms with van der Waals surface area (Å²) in [6, 6.07) is 13.1.